The number of nitrogen functional groups attached to an aromatic ring is 2. The van der Waals surface area contributed by atoms with E-state index in [0.29, 0.717) is 13.2 Å². The summed E-state index contributed by atoms with van der Waals surface area (Å²) in [7, 11) is 0. The molecule has 0 heterocycles. The molecular weight excluding hydrogens is 288 g/mol. The van der Waals surface area contributed by atoms with Gasteiger partial charge in [0.2, 0.25) is 0 Å². The van der Waals surface area contributed by atoms with Crippen LogP contribution in [-0.2, 0) is 0 Å². The van der Waals surface area contributed by atoms with Gasteiger partial charge < -0.3 is 20.9 Å². The highest BCUT2D eigenvalue weighted by Gasteiger charge is 2.20. The SMILES string of the molecule is Cc1cc(OCC(C)(C)COc2ccc(N)c(C)c2)ccc1N. The van der Waals surface area contributed by atoms with E-state index in [1.165, 1.54) is 0 Å². The van der Waals surface area contributed by atoms with Crippen molar-refractivity contribution in [2.75, 3.05) is 24.7 Å². The van der Waals surface area contributed by atoms with Crippen LogP contribution in [0.3, 0.4) is 0 Å². The third kappa shape index (κ3) is 4.81. The first-order valence-corrected chi connectivity index (χ1v) is 7.75. The Bertz CT molecular complexity index is 624. The molecule has 0 radical (unpaired) electrons. The average molecular weight is 314 g/mol. The van der Waals surface area contributed by atoms with Crippen molar-refractivity contribution in [2.24, 2.45) is 5.41 Å². The van der Waals surface area contributed by atoms with Crippen LogP contribution in [0.25, 0.3) is 0 Å². The Morgan fingerprint density at radius 2 is 1.17 bits per heavy atom. The van der Waals surface area contributed by atoms with Crippen molar-refractivity contribution in [1.29, 1.82) is 0 Å². The molecule has 4 N–H and O–H groups in total. The number of hydrogen-bond donors (Lipinski definition) is 2. The summed E-state index contributed by atoms with van der Waals surface area (Å²) in [6, 6.07) is 11.4. The van der Waals surface area contributed by atoms with E-state index in [-0.39, 0.29) is 5.41 Å². The van der Waals surface area contributed by atoms with Gasteiger partial charge in [0.15, 0.2) is 0 Å². The minimum absolute atomic E-state index is 0.120. The minimum atomic E-state index is -0.120. The fourth-order valence-corrected chi connectivity index (χ4v) is 2.08. The summed E-state index contributed by atoms with van der Waals surface area (Å²) in [5.41, 5.74) is 15.1. The first-order chi connectivity index (χ1) is 10.8. The summed E-state index contributed by atoms with van der Waals surface area (Å²) in [6.45, 7) is 9.29. The Hall–Kier alpha value is -2.36. The molecule has 124 valence electrons. The molecule has 0 aliphatic rings. The second-order valence-corrected chi connectivity index (χ2v) is 6.78. The van der Waals surface area contributed by atoms with Crippen LogP contribution in [0.15, 0.2) is 36.4 Å². The van der Waals surface area contributed by atoms with Crippen LogP contribution in [0.2, 0.25) is 0 Å². The molecule has 2 aromatic rings. The lowest BCUT2D eigenvalue weighted by atomic mass is 9.96. The van der Waals surface area contributed by atoms with E-state index in [0.717, 1.165) is 34.0 Å². The number of rotatable bonds is 6. The van der Waals surface area contributed by atoms with Gasteiger partial charge in [0.05, 0.1) is 13.2 Å². The molecule has 0 bridgehead atoms. The van der Waals surface area contributed by atoms with E-state index in [2.05, 4.69) is 13.8 Å². The molecule has 23 heavy (non-hydrogen) atoms. The molecule has 0 unspecified atom stereocenters. The van der Waals surface area contributed by atoms with Crippen molar-refractivity contribution >= 4 is 11.4 Å². The normalized spacial score (nSPS) is 11.3. The third-order valence-corrected chi connectivity index (χ3v) is 3.74. The lowest BCUT2D eigenvalue weighted by Gasteiger charge is -2.25. The van der Waals surface area contributed by atoms with Gasteiger partial charge in [-0.3, -0.25) is 0 Å². The van der Waals surface area contributed by atoms with Crippen LogP contribution in [0.4, 0.5) is 11.4 Å². The monoisotopic (exact) mass is 314 g/mol. The third-order valence-electron chi connectivity index (χ3n) is 3.74. The zero-order valence-corrected chi connectivity index (χ0v) is 14.3. The zero-order valence-electron chi connectivity index (χ0n) is 14.3. The van der Waals surface area contributed by atoms with Gasteiger partial charge in [0.1, 0.15) is 11.5 Å². The first-order valence-electron chi connectivity index (χ1n) is 7.75. The molecule has 0 saturated heterocycles. The highest BCUT2D eigenvalue weighted by atomic mass is 16.5. The highest BCUT2D eigenvalue weighted by Crippen LogP contribution is 2.24. The molecule has 0 spiro atoms. The van der Waals surface area contributed by atoms with Crippen LogP contribution < -0.4 is 20.9 Å². The maximum atomic E-state index is 5.88. The summed E-state index contributed by atoms with van der Waals surface area (Å²) in [5, 5.41) is 0. The molecule has 0 atom stereocenters. The van der Waals surface area contributed by atoms with Gasteiger partial charge in [-0.05, 0) is 61.4 Å². The first kappa shape index (κ1) is 17.0. The molecule has 0 amide bonds. The van der Waals surface area contributed by atoms with Gasteiger partial charge in [-0.1, -0.05) is 13.8 Å². The molecular formula is C19H26N2O2. The molecule has 4 nitrogen and oxygen atoms in total. The van der Waals surface area contributed by atoms with Crippen molar-refractivity contribution < 1.29 is 9.47 Å². The van der Waals surface area contributed by atoms with E-state index < -0.39 is 0 Å². The van der Waals surface area contributed by atoms with Crippen LogP contribution >= 0.6 is 0 Å². The van der Waals surface area contributed by atoms with Crippen molar-refractivity contribution in [2.45, 2.75) is 27.7 Å². The number of benzene rings is 2. The lowest BCUT2D eigenvalue weighted by Crippen LogP contribution is -2.28. The van der Waals surface area contributed by atoms with Gasteiger partial charge in [-0.2, -0.15) is 0 Å². The zero-order chi connectivity index (χ0) is 17.0. The van der Waals surface area contributed by atoms with E-state index in [4.69, 9.17) is 20.9 Å². The summed E-state index contributed by atoms with van der Waals surface area (Å²) in [6.07, 6.45) is 0. The molecule has 4 heteroatoms. The summed E-state index contributed by atoms with van der Waals surface area (Å²) in [5.74, 6) is 1.65. The van der Waals surface area contributed by atoms with E-state index in [1.807, 2.05) is 50.2 Å². The molecule has 0 aromatic heterocycles. The Morgan fingerprint density at radius 1 is 0.783 bits per heavy atom. The average Bonchev–Trinajstić information content (AvgIpc) is 2.50. The maximum absolute atomic E-state index is 5.88. The van der Waals surface area contributed by atoms with E-state index in [9.17, 15) is 0 Å². The Labute approximate surface area is 138 Å². The number of anilines is 2. The fourth-order valence-electron chi connectivity index (χ4n) is 2.08. The smallest absolute Gasteiger partial charge is 0.119 e. The van der Waals surface area contributed by atoms with Crippen LogP contribution in [0.1, 0.15) is 25.0 Å². The second kappa shape index (κ2) is 6.82. The van der Waals surface area contributed by atoms with Crippen molar-refractivity contribution in [1.82, 2.24) is 0 Å². The Kier molecular flexibility index (Phi) is 5.04. The number of aryl methyl sites for hydroxylation is 2. The molecule has 0 saturated carbocycles. The standard InChI is InChI=1S/C19H26N2O2/c1-13-9-15(5-7-17(13)20)22-11-19(3,4)12-23-16-6-8-18(21)14(2)10-16/h5-10H,11-12,20-21H2,1-4H3. The molecule has 0 aliphatic heterocycles. The highest BCUT2D eigenvalue weighted by molar-refractivity contribution is 5.50. The van der Waals surface area contributed by atoms with Crippen LogP contribution in [-0.4, -0.2) is 13.2 Å². The second-order valence-electron chi connectivity index (χ2n) is 6.78. The van der Waals surface area contributed by atoms with E-state index >= 15 is 0 Å². The van der Waals surface area contributed by atoms with Gasteiger partial charge in [0.25, 0.3) is 0 Å². The minimum Gasteiger partial charge on any atom is -0.493 e. The lowest BCUT2D eigenvalue weighted by molar-refractivity contribution is 0.110. The van der Waals surface area contributed by atoms with Crippen LogP contribution in [0.5, 0.6) is 11.5 Å². The Morgan fingerprint density at radius 3 is 1.52 bits per heavy atom. The Balaban J connectivity index is 1.90. The maximum Gasteiger partial charge on any atom is 0.119 e. The number of nitrogens with two attached hydrogens (primary N) is 2. The largest absolute Gasteiger partial charge is 0.493 e. The number of hydrogen-bond acceptors (Lipinski definition) is 4. The van der Waals surface area contributed by atoms with Crippen LogP contribution in [0, 0.1) is 19.3 Å². The van der Waals surface area contributed by atoms with Gasteiger partial charge in [-0.15, -0.1) is 0 Å². The summed E-state index contributed by atoms with van der Waals surface area (Å²) >= 11 is 0. The van der Waals surface area contributed by atoms with Gasteiger partial charge in [0, 0.05) is 16.8 Å². The quantitative estimate of drug-likeness (QED) is 0.792. The predicted octanol–water partition coefficient (Wildman–Crippen LogP) is 3.95. The van der Waals surface area contributed by atoms with Gasteiger partial charge >= 0.3 is 0 Å². The summed E-state index contributed by atoms with van der Waals surface area (Å²) < 4.78 is 11.8. The van der Waals surface area contributed by atoms with Crippen molar-refractivity contribution in [3.8, 4) is 11.5 Å². The van der Waals surface area contributed by atoms with Crippen molar-refractivity contribution in [3.05, 3.63) is 47.5 Å². The fraction of sp³-hybridized carbons (Fsp3) is 0.368. The molecule has 0 aliphatic carbocycles. The summed E-state index contributed by atoms with van der Waals surface area (Å²) in [4.78, 5) is 0. The van der Waals surface area contributed by atoms with Crippen molar-refractivity contribution in [3.63, 3.8) is 0 Å². The number of ether oxygens (including phenoxy) is 2. The topological polar surface area (TPSA) is 70.5 Å². The predicted molar refractivity (Wildman–Crippen MR) is 96.0 cm³/mol. The molecule has 2 aromatic carbocycles. The van der Waals surface area contributed by atoms with E-state index in [1.54, 1.807) is 0 Å². The molecule has 2 rings (SSSR count). The molecule has 0 fully saturated rings. The van der Waals surface area contributed by atoms with Gasteiger partial charge in [-0.25, -0.2) is 0 Å².